The van der Waals surface area contributed by atoms with Gasteiger partial charge in [-0.3, -0.25) is 0 Å². The van der Waals surface area contributed by atoms with Gasteiger partial charge in [0.15, 0.2) is 5.11 Å². The van der Waals surface area contributed by atoms with Crippen molar-refractivity contribution in [3.63, 3.8) is 0 Å². The Morgan fingerprint density at radius 2 is 1.60 bits per heavy atom. The van der Waals surface area contributed by atoms with E-state index in [0.29, 0.717) is 5.11 Å². The van der Waals surface area contributed by atoms with Crippen LogP contribution in [0.3, 0.4) is 0 Å². The Labute approximate surface area is 129 Å². The number of benzene rings is 1. The van der Waals surface area contributed by atoms with Crippen LogP contribution in [0.4, 0.5) is 5.69 Å². The van der Waals surface area contributed by atoms with Crippen molar-refractivity contribution in [2.24, 2.45) is 5.41 Å². The first-order chi connectivity index (χ1) is 9.11. The molecule has 0 fully saturated rings. The SMILES string of the molecule is CCc1ccc(NC(=S)NC(C)(C)CC(C)(C)C)cc1. The monoisotopic (exact) mass is 292 g/mol. The Hall–Kier alpha value is -1.09. The molecule has 0 aliphatic rings. The Morgan fingerprint density at radius 1 is 1.05 bits per heavy atom. The van der Waals surface area contributed by atoms with E-state index in [1.54, 1.807) is 0 Å². The van der Waals surface area contributed by atoms with Crippen LogP contribution in [0.25, 0.3) is 0 Å². The van der Waals surface area contributed by atoms with Gasteiger partial charge < -0.3 is 10.6 Å². The number of rotatable bonds is 4. The molecule has 20 heavy (non-hydrogen) atoms. The van der Waals surface area contributed by atoms with Crippen molar-refractivity contribution >= 4 is 23.0 Å². The summed E-state index contributed by atoms with van der Waals surface area (Å²) in [5.74, 6) is 0. The zero-order valence-corrected chi connectivity index (χ0v) is 14.4. The second kappa shape index (κ2) is 6.57. The Bertz CT molecular complexity index is 441. The molecular formula is C17H28N2S. The van der Waals surface area contributed by atoms with Crippen molar-refractivity contribution in [2.45, 2.75) is 59.9 Å². The molecule has 0 heterocycles. The zero-order valence-electron chi connectivity index (χ0n) is 13.6. The number of hydrogen-bond donors (Lipinski definition) is 2. The molecule has 1 aromatic carbocycles. The third kappa shape index (κ3) is 6.38. The van der Waals surface area contributed by atoms with E-state index >= 15 is 0 Å². The molecule has 0 amide bonds. The molecule has 1 aromatic rings. The summed E-state index contributed by atoms with van der Waals surface area (Å²) in [4.78, 5) is 0. The second-order valence-corrected chi connectivity index (χ2v) is 7.66. The van der Waals surface area contributed by atoms with E-state index in [1.165, 1.54) is 5.56 Å². The summed E-state index contributed by atoms with van der Waals surface area (Å²) in [7, 11) is 0. The smallest absolute Gasteiger partial charge is 0.171 e. The molecule has 1 rings (SSSR count). The third-order valence-corrected chi connectivity index (χ3v) is 3.25. The highest BCUT2D eigenvalue weighted by Crippen LogP contribution is 2.26. The molecule has 0 radical (unpaired) electrons. The summed E-state index contributed by atoms with van der Waals surface area (Å²) in [5, 5.41) is 7.35. The standard InChI is InChI=1S/C17H28N2S/c1-7-13-8-10-14(11-9-13)18-15(20)19-17(5,6)12-16(2,3)4/h8-11H,7,12H2,1-6H3,(H2,18,19,20). The minimum absolute atomic E-state index is 0.0221. The molecule has 0 aliphatic heterocycles. The van der Waals surface area contributed by atoms with Crippen LogP contribution >= 0.6 is 12.2 Å². The molecule has 0 atom stereocenters. The van der Waals surface area contributed by atoms with E-state index in [0.717, 1.165) is 18.5 Å². The van der Waals surface area contributed by atoms with Crippen LogP contribution in [-0.4, -0.2) is 10.7 Å². The maximum Gasteiger partial charge on any atom is 0.171 e. The highest BCUT2D eigenvalue weighted by Gasteiger charge is 2.25. The Kier molecular flexibility index (Phi) is 5.58. The van der Waals surface area contributed by atoms with E-state index < -0.39 is 0 Å². The minimum Gasteiger partial charge on any atom is -0.358 e. The van der Waals surface area contributed by atoms with Crippen LogP contribution in [0.2, 0.25) is 0 Å². The molecule has 0 spiro atoms. The van der Waals surface area contributed by atoms with E-state index in [9.17, 15) is 0 Å². The van der Waals surface area contributed by atoms with Crippen LogP contribution < -0.4 is 10.6 Å². The zero-order chi connectivity index (χ0) is 15.4. The van der Waals surface area contributed by atoms with Gasteiger partial charge in [0.25, 0.3) is 0 Å². The van der Waals surface area contributed by atoms with E-state index in [2.05, 4.69) is 76.4 Å². The Balaban J connectivity index is 2.58. The van der Waals surface area contributed by atoms with Crippen molar-refractivity contribution in [1.29, 1.82) is 0 Å². The van der Waals surface area contributed by atoms with Gasteiger partial charge in [0.1, 0.15) is 0 Å². The predicted octanol–water partition coefficient (Wildman–Crippen LogP) is 4.75. The fourth-order valence-electron chi connectivity index (χ4n) is 2.66. The van der Waals surface area contributed by atoms with E-state index in [4.69, 9.17) is 12.2 Å². The summed E-state index contributed by atoms with van der Waals surface area (Å²) in [6, 6.07) is 8.41. The molecule has 0 saturated carbocycles. The van der Waals surface area contributed by atoms with Crippen molar-refractivity contribution < 1.29 is 0 Å². The molecular weight excluding hydrogens is 264 g/mol. The fourth-order valence-corrected chi connectivity index (χ4v) is 3.06. The molecule has 2 N–H and O–H groups in total. The lowest BCUT2D eigenvalue weighted by Crippen LogP contribution is -2.47. The van der Waals surface area contributed by atoms with Gasteiger partial charge >= 0.3 is 0 Å². The van der Waals surface area contributed by atoms with Crippen LogP contribution in [0.5, 0.6) is 0 Å². The van der Waals surface area contributed by atoms with Crippen LogP contribution in [0.15, 0.2) is 24.3 Å². The van der Waals surface area contributed by atoms with Crippen molar-refractivity contribution in [3.8, 4) is 0 Å². The highest BCUT2D eigenvalue weighted by atomic mass is 32.1. The van der Waals surface area contributed by atoms with Gasteiger partial charge in [-0.25, -0.2) is 0 Å². The van der Waals surface area contributed by atoms with Crippen molar-refractivity contribution in [3.05, 3.63) is 29.8 Å². The lowest BCUT2D eigenvalue weighted by Gasteiger charge is -2.34. The Morgan fingerprint density at radius 3 is 2.05 bits per heavy atom. The first-order valence-corrected chi connectivity index (χ1v) is 7.70. The lowest BCUT2D eigenvalue weighted by molar-refractivity contribution is 0.268. The van der Waals surface area contributed by atoms with Gasteiger partial charge in [0, 0.05) is 11.2 Å². The van der Waals surface area contributed by atoms with Crippen molar-refractivity contribution in [2.75, 3.05) is 5.32 Å². The van der Waals surface area contributed by atoms with Gasteiger partial charge in [-0.15, -0.1) is 0 Å². The molecule has 0 saturated heterocycles. The van der Waals surface area contributed by atoms with Crippen LogP contribution in [0.1, 0.15) is 53.5 Å². The third-order valence-electron chi connectivity index (χ3n) is 3.04. The second-order valence-electron chi connectivity index (χ2n) is 7.25. The van der Waals surface area contributed by atoms with Gasteiger partial charge in [0.2, 0.25) is 0 Å². The average molecular weight is 292 g/mol. The summed E-state index contributed by atoms with van der Waals surface area (Å²) < 4.78 is 0. The number of aryl methyl sites for hydroxylation is 1. The van der Waals surface area contributed by atoms with Crippen LogP contribution in [0, 0.1) is 5.41 Å². The van der Waals surface area contributed by atoms with Gasteiger partial charge in [-0.1, -0.05) is 39.8 Å². The minimum atomic E-state index is -0.0221. The molecule has 112 valence electrons. The summed E-state index contributed by atoms with van der Waals surface area (Å²) >= 11 is 5.41. The van der Waals surface area contributed by atoms with Crippen LogP contribution in [-0.2, 0) is 6.42 Å². The van der Waals surface area contributed by atoms with Gasteiger partial charge in [-0.05, 0) is 62.0 Å². The normalized spacial score (nSPS) is 12.1. The molecule has 2 nitrogen and oxygen atoms in total. The molecule has 0 unspecified atom stereocenters. The number of thiocarbonyl (C=S) groups is 1. The molecule has 0 bridgehead atoms. The lowest BCUT2D eigenvalue weighted by atomic mass is 9.82. The number of nitrogens with one attached hydrogen (secondary N) is 2. The quantitative estimate of drug-likeness (QED) is 0.783. The van der Waals surface area contributed by atoms with E-state index in [1.807, 2.05) is 0 Å². The first kappa shape index (κ1) is 17.0. The fraction of sp³-hybridized carbons (Fsp3) is 0.588. The van der Waals surface area contributed by atoms with E-state index in [-0.39, 0.29) is 11.0 Å². The maximum atomic E-state index is 5.41. The largest absolute Gasteiger partial charge is 0.358 e. The summed E-state index contributed by atoms with van der Waals surface area (Å²) in [6.07, 6.45) is 2.11. The first-order valence-electron chi connectivity index (χ1n) is 7.29. The topological polar surface area (TPSA) is 24.1 Å². The molecule has 3 heteroatoms. The summed E-state index contributed by atoms with van der Waals surface area (Å²) in [6.45, 7) is 13.3. The highest BCUT2D eigenvalue weighted by molar-refractivity contribution is 7.80. The molecule has 0 aromatic heterocycles. The summed E-state index contributed by atoms with van der Waals surface area (Å²) in [5.41, 5.74) is 2.62. The molecule has 0 aliphatic carbocycles. The average Bonchev–Trinajstić information content (AvgIpc) is 2.25. The maximum absolute atomic E-state index is 5.41. The number of anilines is 1. The van der Waals surface area contributed by atoms with Crippen molar-refractivity contribution in [1.82, 2.24) is 5.32 Å². The van der Waals surface area contributed by atoms with Gasteiger partial charge in [0.05, 0.1) is 0 Å². The predicted molar refractivity (Wildman–Crippen MR) is 93.3 cm³/mol. The number of hydrogen-bond acceptors (Lipinski definition) is 1. The van der Waals surface area contributed by atoms with Gasteiger partial charge in [-0.2, -0.15) is 0 Å².